The van der Waals surface area contributed by atoms with E-state index < -0.39 is 10.0 Å². The van der Waals surface area contributed by atoms with E-state index in [-0.39, 0.29) is 11.3 Å². The van der Waals surface area contributed by atoms with Crippen LogP contribution in [0.15, 0.2) is 53.3 Å². The third-order valence-electron chi connectivity index (χ3n) is 4.52. The Kier molecular flexibility index (Phi) is 5.37. The topological polar surface area (TPSA) is 68.2 Å². The Balaban J connectivity index is 1.93. The number of sulfonamides is 1. The summed E-state index contributed by atoms with van der Waals surface area (Å²) in [6, 6.07) is 14.4. The molecule has 1 aromatic heterocycles. The molecule has 3 rings (SSSR count). The molecule has 27 heavy (non-hydrogen) atoms. The van der Waals surface area contributed by atoms with Crippen molar-refractivity contribution in [3.63, 3.8) is 0 Å². The molecule has 1 heterocycles. The molecule has 0 aliphatic rings. The average molecular weight is 385 g/mol. The average Bonchev–Trinajstić information content (AvgIpc) is 2.60. The Morgan fingerprint density at radius 2 is 1.70 bits per heavy atom. The van der Waals surface area contributed by atoms with Gasteiger partial charge in [-0.1, -0.05) is 36.8 Å². The van der Waals surface area contributed by atoms with Crippen LogP contribution < -0.4 is 10.3 Å². The van der Waals surface area contributed by atoms with Crippen LogP contribution >= 0.6 is 0 Å². The summed E-state index contributed by atoms with van der Waals surface area (Å²) in [7, 11) is -3.53. The monoisotopic (exact) mass is 384 g/mol. The fourth-order valence-electron chi connectivity index (χ4n) is 3.18. The summed E-state index contributed by atoms with van der Waals surface area (Å²) in [5.74, 6) is -0.0837. The third-order valence-corrected chi connectivity index (χ3v) is 5.78. The first-order chi connectivity index (χ1) is 12.8. The molecular weight excluding hydrogens is 360 g/mol. The molecule has 0 spiro atoms. The Bertz CT molecular complexity index is 1130. The quantitative estimate of drug-likeness (QED) is 0.699. The van der Waals surface area contributed by atoms with E-state index in [1.54, 1.807) is 22.8 Å². The van der Waals surface area contributed by atoms with Crippen molar-refractivity contribution in [2.75, 3.05) is 4.72 Å². The van der Waals surface area contributed by atoms with Crippen molar-refractivity contribution in [3.8, 4) is 0 Å². The molecule has 0 saturated carbocycles. The van der Waals surface area contributed by atoms with E-state index in [2.05, 4.69) is 4.72 Å². The maximum Gasteiger partial charge on any atom is 0.251 e. The molecular formula is C21H24N2O3S. The van der Waals surface area contributed by atoms with Gasteiger partial charge in [-0.05, 0) is 49.6 Å². The number of aryl methyl sites for hydroxylation is 3. The number of nitrogens with one attached hydrogen (secondary N) is 1. The molecule has 5 nitrogen and oxygen atoms in total. The van der Waals surface area contributed by atoms with Crippen LogP contribution in [0.2, 0.25) is 0 Å². The van der Waals surface area contributed by atoms with Crippen molar-refractivity contribution < 1.29 is 8.42 Å². The summed E-state index contributed by atoms with van der Waals surface area (Å²) in [5, 5.41) is 0.874. The van der Waals surface area contributed by atoms with Crippen LogP contribution in [0.5, 0.6) is 0 Å². The van der Waals surface area contributed by atoms with Gasteiger partial charge in [0, 0.05) is 23.7 Å². The van der Waals surface area contributed by atoms with Gasteiger partial charge in [0.15, 0.2) is 0 Å². The summed E-state index contributed by atoms with van der Waals surface area (Å²) in [6.45, 7) is 6.48. The van der Waals surface area contributed by atoms with Gasteiger partial charge in [0.2, 0.25) is 10.0 Å². The zero-order valence-electron chi connectivity index (χ0n) is 15.8. The van der Waals surface area contributed by atoms with E-state index in [4.69, 9.17) is 0 Å². The number of anilines is 1. The number of nitrogens with zero attached hydrogens (tertiary/aromatic N) is 1. The first kappa shape index (κ1) is 19.2. The second-order valence-corrected chi connectivity index (χ2v) is 8.62. The predicted molar refractivity (Wildman–Crippen MR) is 111 cm³/mol. The summed E-state index contributed by atoms with van der Waals surface area (Å²) in [4.78, 5) is 12.2. The Hall–Kier alpha value is -2.60. The van der Waals surface area contributed by atoms with Gasteiger partial charge in [-0.25, -0.2) is 8.42 Å². The predicted octanol–water partition coefficient (Wildman–Crippen LogP) is 3.97. The minimum Gasteiger partial charge on any atom is -0.308 e. The van der Waals surface area contributed by atoms with Crippen molar-refractivity contribution in [1.82, 2.24) is 4.57 Å². The van der Waals surface area contributed by atoms with E-state index in [0.717, 1.165) is 34.0 Å². The van der Waals surface area contributed by atoms with E-state index in [0.29, 0.717) is 12.2 Å². The molecule has 0 saturated heterocycles. The smallest absolute Gasteiger partial charge is 0.251 e. The molecule has 0 amide bonds. The van der Waals surface area contributed by atoms with Crippen molar-refractivity contribution in [2.24, 2.45) is 0 Å². The first-order valence-corrected chi connectivity index (χ1v) is 10.6. The zero-order chi connectivity index (χ0) is 19.6. The molecule has 0 fully saturated rings. The number of fused-ring (bicyclic) bond motifs is 1. The van der Waals surface area contributed by atoms with Crippen molar-refractivity contribution in [1.29, 1.82) is 0 Å². The number of rotatable bonds is 6. The second kappa shape index (κ2) is 7.56. The van der Waals surface area contributed by atoms with Gasteiger partial charge in [-0.15, -0.1) is 0 Å². The molecule has 3 aromatic rings. The van der Waals surface area contributed by atoms with E-state index in [9.17, 15) is 13.2 Å². The minimum absolute atomic E-state index is 0.0328. The lowest BCUT2D eigenvalue weighted by Crippen LogP contribution is -2.20. The molecule has 0 unspecified atom stereocenters. The van der Waals surface area contributed by atoms with E-state index >= 15 is 0 Å². The highest BCUT2D eigenvalue weighted by Gasteiger charge is 2.13. The SMILES string of the molecule is CCCn1c(=O)cc(C)c2cc(NS(=O)(=O)Cc3ccc(C)cc3)ccc21. The highest BCUT2D eigenvalue weighted by molar-refractivity contribution is 7.91. The number of aromatic nitrogens is 1. The summed E-state index contributed by atoms with van der Waals surface area (Å²) < 4.78 is 29.4. The van der Waals surface area contributed by atoms with Gasteiger partial charge < -0.3 is 4.57 Å². The summed E-state index contributed by atoms with van der Waals surface area (Å²) in [5.41, 5.74) is 3.95. The van der Waals surface area contributed by atoms with Crippen LogP contribution in [0.3, 0.4) is 0 Å². The highest BCUT2D eigenvalue weighted by Crippen LogP contribution is 2.23. The molecule has 0 radical (unpaired) electrons. The maximum atomic E-state index is 12.5. The van der Waals surface area contributed by atoms with Crippen LogP contribution in [-0.4, -0.2) is 13.0 Å². The van der Waals surface area contributed by atoms with Crippen LogP contribution in [0.1, 0.15) is 30.0 Å². The van der Waals surface area contributed by atoms with Crippen LogP contribution in [0, 0.1) is 13.8 Å². The van der Waals surface area contributed by atoms with Gasteiger partial charge in [0.05, 0.1) is 11.3 Å². The number of hydrogen-bond donors (Lipinski definition) is 1. The Morgan fingerprint density at radius 3 is 2.37 bits per heavy atom. The molecule has 0 bridgehead atoms. The van der Waals surface area contributed by atoms with Crippen LogP contribution in [0.4, 0.5) is 5.69 Å². The lowest BCUT2D eigenvalue weighted by atomic mass is 10.1. The van der Waals surface area contributed by atoms with Gasteiger partial charge >= 0.3 is 0 Å². The molecule has 142 valence electrons. The van der Waals surface area contributed by atoms with Gasteiger partial charge in [0.25, 0.3) is 5.56 Å². The Labute approximate surface area is 159 Å². The number of hydrogen-bond acceptors (Lipinski definition) is 3. The largest absolute Gasteiger partial charge is 0.308 e. The fourth-order valence-corrected chi connectivity index (χ4v) is 4.37. The van der Waals surface area contributed by atoms with E-state index in [1.165, 1.54) is 0 Å². The zero-order valence-corrected chi connectivity index (χ0v) is 16.6. The fraction of sp³-hybridized carbons (Fsp3) is 0.286. The molecule has 0 aliphatic carbocycles. The normalized spacial score (nSPS) is 11.7. The standard InChI is InChI=1S/C21H24N2O3S/c1-4-11-23-20-10-9-18(13-19(20)16(3)12-21(23)24)22-27(25,26)14-17-7-5-15(2)6-8-17/h5-10,12-13,22H,4,11,14H2,1-3H3. The Morgan fingerprint density at radius 1 is 1.00 bits per heavy atom. The number of pyridine rings is 1. The van der Waals surface area contributed by atoms with E-state index in [1.807, 2.05) is 51.1 Å². The summed E-state index contributed by atoms with van der Waals surface area (Å²) >= 11 is 0. The molecule has 2 aromatic carbocycles. The van der Waals surface area contributed by atoms with Crippen LogP contribution in [-0.2, 0) is 22.3 Å². The van der Waals surface area contributed by atoms with Gasteiger partial charge in [0.1, 0.15) is 0 Å². The summed E-state index contributed by atoms with van der Waals surface area (Å²) in [6.07, 6.45) is 0.850. The van der Waals surface area contributed by atoms with Crippen molar-refractivity contribution in [3.05, 3.63) is 75.6 Å². The maximum absolute atomic E-state index is 12.5. The van der Waals surface area contributed by atoms with Crippen molar-refractivity contribution >= 4 is 26.6 Å². The lowest BCUT2D eigenvalue weighted by Gasteiger charge is -2.14. The molecule has 0 aliphatic heterocycles. The lowest BCUT2D eigenvalue weighted by molar-refractivity contribution is 0.600. The minimum atomic E-state index is -3.53. The first-order valence-electron chi connectivity index (χ1n) is 8.99. The second-order valence-electron chi connectivity index (χ2n) is 6.90. The van der Waals surface area contributed by atoms with Crippen molar-refractivity contribution in [2.45, 2.75) is 39.5 Å². The molecule has 6 heteroatoms. The highest BCUT2D eigenvalue weighted by atomic mass is 32.2. The molecule has 1 N–H and O–H groups in total. The number of benzene rings is 2. The third kappa shape index (κ3) is 4.39. The van der Waals surface area contributed by atoms with Gasteiger partial charge in [-0.3, -0.25) is 9.52 Å². The van der Waals surface area contributed by atoms with Gasteiger partial charge in [-0.2, -0.15) is 0 Å². The van der Waals surface area contributed by atoms with Crippen LogP contribution in [0.25, 0.3) is 10.9 Å². The molecule has 0 atom stereocenters.